The molecule has 2 heterocycles. The third-order valence-electron chi connectivity index (χ3n) is 4.81. The number of aliphatic hydroxyl groups is 1. The molecule has 4 rings (SSSR count). The van der Waals surface area contributed by atoms with Gasteiger partial charge in [0.15, 0.2) is 17.8 Å². The molecule has 1 aromatic carbocycles. The van der Waals surface area contributed by atoms with E-state index in [0.717, 1.165) is 18.4 Å². The van der Waals surface area contributed by atoms with Crippen LogP contribution in [-0.4, -0.2) is 19.9 Å². The van der Waals surface area contributed by atoms with Gasteiger partial charge in [0.2, 0.25) is 0 Å². The molecule has 3 unspecified atom stereocenters. The van der Waals surface area contributed by atoms with Crippen LogP contribution < -0.4 is 0 Å². The second-order valence-corrected chi connectivity index (χ2v) is 6.46. The van der Waals surface area contributed by atoms with Crippen molar-refractivity contribution in [1.29, 1.82) is 0 Å². The van der Waals surface area contributed by atoms with Crippen molar-refractivity contribution in [3.8, 4) is 0 Å². The molecule has 21 heavy (non-hydrogen) atoms. The topological polar surface area (TPSA) is 50.9 Å². The highest BCUT2D eigenvalue weighted by molar-refractivity contribution is 5.24. The fourth-order valence-electron chi connectivity index (χ4n) is 3.05. The third kappa shape index (κ3) is 1.99. The van der Waals surface area contributed by atoms with Crippen LogP contribution in [0, 0.1) is 5.41 Å². The minimum Gasteiger partial charge on any atom is -0.384 e. The number of fused-ring (bicyclic) bond motifs is 1. The number of nitrogens with zero attached hydrogens (tertiary/aromatic N) is 3. The molecule has 2 aliphatic rings. The molecule has 1 aromatic heterocycles. The molecule has 1 saturated carbocycles. The van der Waals surface area contributed by atoms with Crippen LogP contribution in [0.1, 0.15) is 61.7 Å². The average Bonchev–Trinajstić information content (AvgIpc) is 2.98. The van der Waals surface area contributed by atoms with E-state index < -0.39 is 12.3 Å². The van der Waals surface area contributed by atoms with Crippen molar-refractivity contribution < 1.29 is 9.50 Å². The van der Waals surface area contributed by atoms with E-state index in [1.807, 2.05) is 37.3 Å². The van der Waals surface area contributed by atoms with E-state index in [2.05, 4.69) is 10.1 Å². The Balaban J connectivity index is 1.71. The summed E-state index contributed by atoms with van der Waals surface area (Å²) in [6, 6.07) is 9.66. The van der Waals surface area contributed by atoms with E-state index >= 15 is 0 Å². The summed E-state index contributed by atoms with van der Waals surface area (Å²) in [5, 5.41) is 14.8. The number of alkyl halides is 1. The zero-order valence-electron chi connectivity index (χ0n) is 11.9. The van der Waals surface area contributed by atoms with Gasteiger partial charge in [-0.3, -0.25) is 0 Å². The molecule has 0 radical (unpaired) electrons. The molecule has 2 aromatic rings. The molecule has 1 aliphatic heterocycles. The minimum absolute atomic E-state index is 0.128. The largest absolute Gasteiger partial charge is 0.384 e. The van der Waals surface area contributed by atoms with Gasteiger partial charge < -0.3 is 5.11 Å². The quantitative estimate of drug-likeness (QED) is 0.943. The maximum Gasteiger partial charge on any atom is 0.180 e. The Labute approximate surface area is 122 Å². The van der Waals surface area contributed by atoms with Crippen molar-refractivity contribution >= 4 is 0 Å². The summed E-state index contributed by atoms with van der Waals surface area (Å²) in [6.45, 7) is 2.02. The average molecular weight is 287 g/mol. The van der Waals surface area contributed by atoms with Gasteiger partial charge in [0.25, 0.3) is 0 Å². The predicted octanol–water partition coefficient (Wildman–Crippen LogP) is 3.12. The van der Waals surface area contributed by atoms with E-state index in [1.54, 1.807) is 4.68 Å². The maximum absolute atomic E-state index is 14.2. The van der Waals surface area contributed by atoms with Gasteiger partial charge in [-0.25, -0.2) is 14.1 Å². The standard InChI is InChI=1S/C16H18FN3O/c1-16(7-8-16)13(21)14-18-15-11(17)9-12(20(15)19-14)10-5-3-2-4-6-10/h2-6,11-13,21H,7-9H2,1H3. The Bertz CT molecular complexity index is 665. The van der Waals surface area contributed by atoms with Gasteiger partial charge in [-0.05, 0) is 18.4 Å². The van der Waals surface area contributed by atoms with Gasteiger partial charge >= 0.3 is 0 Å². The number of aromatic nitrogens is 3. The predicted molar refractivity (Wildman–Crippen MR) is 75.4 cm³/mol. The van der Waals surface area contributed by atoms with Crippen molar-refractivity contribution in [2.75, 3.05) is 0 Å². The first-order valence-electron chi connectivity index (χ1n) is 7.42. The van der Waals surface area contributed by atoms with Crippen LogP contribution in [0.15, 0.2) is 30.3 Å². The fourth-order valence-corrected chi connectivity index (χ4v) is 3.05. The summed E-state index contributed by atoms with van der Waals surface area (Å²) < 4.78 is 15.9. The molecule has 0 saturated heterocycles. The van der Waals surface area contributed by atoms with E-state index in [9.17, 15) is 9.50 Å². The van der Waals surface area contributed by atoms with Gasteiger partial charge in [0, 0.05) is 11.8 Å². The summed E-state index contributed by atoms with van der Waals surface area (Å²) in [4.78, 5) is 4.28. The van der Waals surface area contributed by atoms with Crippen LogP contribution in [0.5, 0.6) is 0 Å². The van der Waals surface area contributed by atoms with Crippen LogP contribution in [0.3, 0.4) is 0 Å². The Hall–Kier alpha value is -1.75. The maximum atomic E-state index is 14.2. The number of aliphatic hydroxyl groups excluding tert-OH is 1. The fraction of sp³-hybridized carbons (Fsp3) is 0.500. The SMILES string of the molecule is CC1(C(O)c2nc3n(n2)C(c2ccccc2)CC3F)CC1. The second kappa shape index (κ2) is 4.37. The van der Waals surface area contributed by atoms with E-state index in [1.165, 1.54) is 0 Å². The molecule has 0 bridgehead atoms. The lowest BCUT2D eigenvalue weighted by molar-refractivity contribution is 0.0940. The Morgan fingerprint density at radius 2 is 2.05 bits per heavy atom. The molecule has 1 N–H and O–H groups in total. The van der Waals surface area contributed by atoms with Gasteiger partial charge in [0.1, 0.15) is 6.10 Å². The molecule has 110 valence electrons. The number of hydrogen-bond acceptors (Lipinski definition) is 3. The first-order chi connectivity index (χ1) is 10.1. The van der Waals surface area contributed by atoms with Crippen LogP contribution in [0.25, 0.3) is 0 Å². The van der Waals surface area contributed by atoms with Crippen LogP contribution in [-0.2, 0) is 0 Å². The molecule has 3 atom stereocenters. The number of hydrogen-bond donors (Lipinski definition) is 1. The molecule has 0 amide bonds. The highest BCUT2D eigenvalue weighted by atomic mass is 19.1. The summed E-state index contributed by atoms with van der Waals surface area (Å²) in [5.74, 6) is 0.718. The van der Waals surface area contributed by atoms with Crippen molar-refractivity contribution in [2.45, 2.75) is 44.5 Å². The Kier molecular flexibility index (Phi) is 2.70. The molecule has 0 spiro atoms. The first kappa shape index (κ1) is 13.0. The monoisotopic (exact) mass is 287 g/mol. The van der Waals surface area contributed by atoms with Gasteiger partial charge in [0.05, 0.1) is 6.04 Å². The van der Waals surface area contributed by atoms with E-state index in [-0.39, 0.29) is 11.5 Å². The van der Waals surface area contributed by atoms with Crippen LogP contribution in [0.4, 0.5) is 4.39 Å². The zero-order valence-corrected chi connectivity index (χ0v) is 11.9. The number of benzene rings is 1. The highest BCUT2D eigenvalue weighted by Gasteiger charge is 2.48. The molecular weight excluding hydrogens is 269 g/mol. The summed E-state index contributed by atoms with van der Waals surface area (Å²) in [6.07, 6.45) is 0.501. The molecular formula is C16H18FN3O. The first-order valence-corrected chi connectivity index (χ1v) is 7.42. The van der Waals surface area contributed by atoms with Crippen molar-refractivity contribution in [3.63, 3.8) is 0 Å². The molecule has 5 heteroatoms. The number of rotatable bonds is 3. The number of halogens is 1. The van der Waals surface area contributed by atoms with Crippen molar-refractivity contribution in [2.24, 2.45) is 5.41 Å². The van der Waals surface area contributed by atoms with Crippen LogP contribution in [0.2, 0.25) is 0 Å². The van der Waals surface area contributed by atoms with E-state index in [0.29, 0.717) is 18.1 Å². The summed E-state index contributed by atoms with van der Waals surface area (Å²) >= 11 is 0. The summed E-state index contributed by atoms with van der Waals surface area (Å²) in [7, 11) is 0. The van der Waals surface area contributed by atoms with Gasteiger partial charge in [-0.15, -0.1) is 0 Å². The van der Waals surface area contributed by atoms with Gasteiger partial charge in [-0.2, -0.15) is 5.10 Å². The summed E-state index contributed by atoms with van der Waals surface area (Å²) in [5.41, 5.74) is 0.902. The lowest BCUT2D eigenvalue weighted by Crippen LogP contribution is -2.13. The van der Waals surface area contributed by atoms with Crippen LogP contribution >= 0.6 is 0 Å². The normalized spacial score (nSPS) is 27.4. The molecule has 1 fully saturated rings. The lowest BCUT2D eigenvalue weighted by Gasteiger charge is -2.15. The van der Waals surface area contributed by atoms with Crippen molar-refractivity contribution in [1.82, 2.24) is 14.8 Å². The highest BCUT2D eigenvalue weighted by Crippen LogP contribution is 2.54. The molecule has 4 nitrogen and oxygen atoms in total. The van der Waals surface area contributed by atoms with E-state index in [4.69, 9.17) is 0 Å². The Morgan fingerprint density at radius 1 is 1.33 bits per heavy atom. The van der Waals surface area contributed by atoms with Gasteiger partial charge in [-0.1, -0.05) is 37.3 Å². The Morgan fingerprint density at radius 3 is 2.71 bits per heavy atom. The molecule has 1 aliphatic carbocycles. The van der Waals surface area contributed by atoms with Crippen molar-refractivity contribution in [3.05, 3.63) is 47.5 Å². The zero-order chi connectivity index (χ0) is 14.6. The smallest absolute Gasteiger partial charge is 0.180 e. The minimum atomic E-state index is -1.12. The second-order valence-electron chi connectivity index (χ2n) is 6.46. The lowest BCUT2D eigenvalue weighted by atomic mass is 10.0. The third-order valence-corrected chi connectivity index (χ3v) is 4.81.